The zero-order valence-electron chi connectivity index (χ0n) is 18.9. The van der Waals surface area contributed by atoms with Gasteiger partial charge in [-0.05, 0) is 57.8 Å². The Kier molecular flexibility index (Phi) is 5.98. The lowest BCUT2D eigenvalue weighted by atomic mass is 9.89. The molecule has 1 unspecified atom stereocenters. The summed E-state index contributed by atoms with van der Waals surface area (Å²) < 4.78 is 0. The zero-order chi connectivity index (χ0) is 21.4. The van der Waals surface area contributed by atoms with Gasteiger partial charge in [-0.15, -0.1) is 0 Å². The fourth-order valence-corrected chi connectivity index (χ4v) is 6.23. The summed E-state index contributed by atoms with van der Waals surface area (Å²) in [6, 6.07) is -0.0434. The third-order valence-corrected chi connectivity index (χ3v) is 8.05. The highest BCUT2D eigenvalue weighted by Crippen LogP contribution is 2.38. The second-order valence-corrected chi connectivity index (χ2v) is 10.2. The predicted octanol–water partition coefficient (Wildman–Crippen LogP) is 4.50. The molecule has 0 spiro atoms. The van der Waals surface area contributed by atoms with Gasteiger partial charge in [-0.1, -0.05) is 32.1 Å². The Balaban J connectivity index is 1.42. The molecule has 2 aliphatic carbocycles. The van der Waals surface area contributed by atoms with Crippen LogP contribution in [0.5, 0.6) is 0 Å². The predicted molar refractivity (Wildman–Crippen MR) is 120 cm³/mol. The van der Waals surface area contributed by atoms with Crippen LogP contribution in [0.15, 0.2) is 0 Å². The van der Waals surface area contributed by atoms with Crippen LogP contribution in [-0.4, -0.2) is 39.8 Å². The number of rotatable bonds is 4. The van der Waals surface area contributed by atoms with Crippen molar-refractivity contribution in [3.8, 4) is 0 Å². The van der Waals surface area contributed by atoms with E-state index in [0.29, 0.717) is 18.2 Å². The van der Waals surface area contributed by atoms with Crippen LogP contribution < -0.4 is 4.90 Å². The molecule has 2 amide bonds. The first-order valence-electron chi connectivity index (χ1n) is 12.6. The smallest absolute Gasteiger partial charge is 0.232 e. The number of piperidine rings is 1. The van der Waals surface area contributed by atoms with E-state index in [9.17, 15) is 9.59 Å². The summed E-state index contributed by atoms with van der Waals surface area (Å²) in [6.07, 6.45) is 14.2. The minimum Gasteiger partial charge on any atom is -0.332 e. The Morgan fingerprint density at radius 3 is 2.42 bits per heavy atom. The van der Waals surface area contributed by atoms with E-state index < -0.39 is 0 Å². The maximum absolute atomic E-state index is 13.3. The summed E-state index contributed by atoms with van der Waals surface area (Å²) in [4.78, 5) is 40.0. The van der Waals surface area contributed by atoms with Gasteiger partial charge in [0.1, 0.15) is 5.82 Å². The number of amides is 2. The number of hydrogen-bond acceptors (Lipinski definition) is 4. The summed E-state index contributed by atoms with van der Waals surface area (Å²) in [5.41, 5.74) is 1.91. The highest BCUT2D eigenvalue weighted by atomic mass is 16.2. The summed E-state index contributed by atoms with van der Waals surface area (Å²) in [7, 11) is 0. The van der Waals surface area contributed by atoms with Crippen molar-refractivity contribution >= 4 is 17.6 Å². The van der Waals surface area contributed by atoms with Crippen LogP contribution in [0, 0.1) is 18.8 Å². The van der Waals surface area contributed by atoms with Gasteiger partial charge < -0.3 is 4.90 Å². The van der Waals surface area contributed by atoms with Crippen LogP contribution in [0.3, 0.4) is 0 Å². The largest absolute Gasteiger partial charge is 0.332 e. The van der Waals surface area contributed by atoms with Gasteiger partial charge in [0.2, 0.25) is 11.8 Å². The number of carbonyl (C=O) groups excluding carboxylic acids is 2. The highest BCUT2D eigenvalue weighted by Gasteiger charge is 2.38. The molecule has 1 atom stereocenters. The average Bonchev–Trinajstić information content (AvgIpc) is 3.43. The highest BCUT2D eigenvalue weighted by molar-refractivity contribution is 6.00. The fraction of sp³-hybridized carbons (Fsp3) is 0.760. The molecule has 4 aliphatic rings. The van der Waals surface area contributed by atoms with E-state index >= 15 is 0 Å². The molecule has 31 heavy (non-hydrogen) atoms. The van der Waals surface area contributed by atoms with E-state index in [2.05, 4.69) is 4.90 Å². The molecule has 6 heteroatoms. The molecular formula is C25H36N4O2. The molecule has 1 aromatic heterocycles. The van der Waals surface area contributed by atoms with E-state index in [-0.39, 0.29) is 17.9 Å². The van der Waals surface area contributed by atoms with Gasteiger partial charge in [0.05, 0.1) is 12.5 Å². The minimum atomic E-state index is -0.0434. The van der Waals surface area contributed by atoms with Gasteiger partial charge in [0.25, 0.3) is 0 Å². The standard InChI is InChI=1S/C25H36N4O2/c1-17-20-15-22(30)29(16-18-9-3-2-4-10-18)24(20)27-23(26-17)21-13-7-8-14-28(21)25(31)19-11-5-6-12-19/h18-19,21H,2-16H2,1H3. The molecule has 2 saturated carbocycles. The number of aromatic nitrogens is 2. The van der Waals surface area contributed by atoms with E-state index in [0.717, 1.165) is 68.1 Å². The monoisotopic (exact) mass is 424 g/mol. The number of hydrogen-bond donors (Lipinski definition) is 0. The van der Waals surface area contributed by atoms with Crippen LogP contribution in [-0.2, 0) is 16.0 Å². The molecule has 3 heterocycles. The molecule has 0 N–H and O–H groups in total. The van der Waals surface area contributed by atoms with Gasteiger partial charge in [-0.2, -0.15) is 0 Å². The maximum Gasteiger partial charge on any atom is 0.232 e. The summed E-state index contributed by atoms with van der Waals surface area (Å²) >= 11 is 0. The Hall–Kier alpha value is -1.98. The van der Waals surface area contributed by atoms with Crippen molar-refractivity contribution in [2.24, 2.45) is 11.8 Å². The quantitative estimate of drug-likeness (QED) is 0.714. The minimum absolute atomic E-state index is 0.0434. The van der Waals surface area contributed by atoms with E-state index in [1.165, 1.54) is 44.9 Å². The fourth-order valence-electron chi connectivity index (χ4n) is 6.23. The molecule has 1 saturated heterocycles. The lowest BCUT2D eigenvalue weighted by Crippen LogP contribution is -2.42. The number of carbonyl (C=O) groups is 2. The molecule has 1 aromatic rings. The van der Waals surface area contributed by atoms with Gasteiger partial charge in [-0.3, -0.25) is 14.5 Å². The SMILES string of the molecule is Cc1nc(C2CCCCN2C(=O)C2CCCC2)nc2c1CC(=O)N2CC1CCCCC1. The summed E-state index contributed by atoms with van der Waals surface area (Å²) in [5, 5.41) is 0. The first-order valence-corrected chi connectivity index (χ1v) is 12.6. The van der Waals surface area contributed by atoms with Crippen LogP contribution in [0.4, 0.5) is 5.82 Å². The van der Waals surface area contributed by atoms with Crippen molar-refractivity contribution in [1.82, 2.24) is 14.9 Å². The zero-order valence-corrected chi connectivity index (χ0v) is 18.9. The molecule has 2 aliphatic heterocycles. The van der Waals surface area contributed by atoms with Crippen molar-refractivity contribution in [3.63, 3.8) is 0 Å². The van der Waals surface area contributed by atoms with Crippen LogP contribution >= 0.6 is 0 Å². The van der Waals surface area contributed by atoms with Crippen LogP contribution in [0.2, 0.25) is 0 Å². The van der Waals surface area contributed by atoms with Crippen molar-refractivity contribution in [2.45, 2.75) is 96.4 Å². The second-order valence-electron chi connectivity index (χ2n) is 10.2. The lowest BCUT2D eigenvalue weighted by Gasteiger charge is -2.37. The number of nitrogens with zero attached hydrogens (tertiary/aromatic N) is 4. The molecule has 3 fully saturated rings. The van der Waals surface area contributed by atoms with Crippen LogP contribution in [0.1, 0.15) is 100 Å². The van der Waals surface area contributed by atoms with Crippen LogP contribution in [0.25, 0.3) is 0 Å². The van der Waals surface area contributed by atoms with Crippen molar-refractivity contribution in [1.29, 1.82) is 0 Å². The molecule has 6 nitrogen and oxygen atoms in total. The normalized spacial score (nSPS) is 25.3. The second kappa shape index (κ2) is 8.87. The molecule has 0 aromatic carbocycles. The first kappa shape index (κ1) is 20.9. The molecule has 0 bridgehead atoms. The van der Waals surface area contributed by atoms with Gasteiger partial charge in [0, 0.05) is 30.3 Å². The van der Waals surface area contributed by atoms with Gasteiger partial charge in [0.15, 0.2) is 5.82 Å². The third-order valence-electron chi connectivity index (χ3n) is 8.05. The molecule has 168 valence electrons. The van der Waals surface area contributed by atoms with Gasteiger partial charge >= 0.3 is 0 Å². The maximum atomic E-state index is 13.3. The Labute approximate surface area is 185 Å². The van der Waals surface area contributed by atoms with Crippen molar-refractivity contribution in [3.05, 3.63) is 17.1 Å². The third kappa shape index (κ3) is 4.10. The number of anilines is 1. The van der Waals surface area contributed by atoms with Crippen molar-refractivity contribution < 1.29 is 9.59 Å². The number of aryl methyl sites for hydroxylation is 1. The Bertz CT molecular complexity index is 842. The summed E-state index contributed by atoms with van der Waals surface area (Å²) in [6.45, 7) is 3.61. The molecule has 0 radical (unpaired) electrons. The Morgan fingerprint density at radius 1 is 0.935 bits per heavy atom. The van der Waals surface area contributed by atoms with E-state index in [1.807, 2.05) is 11.8 Å². The van der Waals surface area contributed by atoms with Gasteiger partial charge in [-0.25, -0.2) is 9.97 Å². The number of fused-ring (bicyclic) bond motifs is 1. The average molecular weight is 425 g/mol. The number of likely N-dealkylation sites (tertiary alicyclic amines) is 1. The van der Waals surface area contributed by atoms with Crippen molar-refractivity contribution in [2.75, 3.05) is 18.0 Å². The summed E-state index contributed by atoms with van der Waals surface area (Å²) in [5.74, 6) is 2.82. The molecule has 5 rings (SSSR count). The lowest BCUT2D eigenvalue weighted by molar-refractivity contribution is -0.139. The Morgan fingerprint density at radius 2 is 1.65 bits per heavy atom. The van der Waals surface area contributed by atoms with E-state index in [1.54, 1.807) is 0 Å². The van der Waals surface area contributed by atoms with E-state index in [4.69, 9.17) is 9.97 Å². The topological polar surface area (TPSA) is 66.4 Å². The first-order chi connectivity index (χ1) is 15.1. The molecular weight excluding hydrogens is 388 g/mol.